The molecular formula is C15H18N2O3. The Balaban J connectivity index is 2.07. The maximum absolute atomic E-state index is 11.7. The summed E-state index contributed by atoms with van der Waals surface area (Å²) in [7, 11) is 1.45. The molecule has 0 bridgehead atoms. The molecule has 0 unspecified atom stereocenters. The Morgan fingerprint density at radius 1 is 1.25 bits per heavy atom. The maximum Gasteiger partial charge on any atom is 0.328 e. The molecular weight excluding hydrogens is 256 g/mol. The van der Waals surface area contributed by atoms with Crippen molar-refractivity contribution in [3.8, 4) is 5.75 Å². The lowest BCUT2D eigenvalue weighted by Crippen LogP contribution is -2.25. The van der Waals surface area contributed by atoms with E-state index >= 15 is 0 Å². The third-order valence-corrected chi connectivity index (χ3v) is 2.86. The molecule has 3 amide bonds. The van der Waals surface area contributed by atoms with E-state index < -0.39 is 6.03 Å². The van der Waals surface area contributed by atoms with Crippen molar-refractivity contribution < 1.29 is 14.3 Å². The highest BCUT2D eigenvalue weighted by Crippen LogP contribution is 2.17. The lowest BCUT2D eigenvalue weighted by atomic mass is 10.2. The van der Waals surface area contributed by atoms with Crippen molar-refractivity contribution >= 4 is 18.0 Å². The number of rotatable bonds is 4. The highest BCUT2D eigenvalue weighted by atomic mass is 16.5. The third-order valence-electron chi connectivity index (χ3n) is 2.86. The Bertz CT molecular complexity index is 547. The third kappa shape index (κ3) is 3.17. The first kappa shape index (κ1) is 14.1. The van der Waals surface area contributed by atoms with Crippen molar-refractivity contribution in [1.82, 2.24) is 10.2 Å². The van der Waals surface area contributed by atoms with Crippen molar-refractivity contribution in [3.05, 3.63) is 35.5 Å². The van der Waals surface area contributed by atoms with Crippen LogP contribution in [-0.4, -0.2) is 30.5 Å². The molecule has 0 saturated carbocycles. The van der Waals surface area contributed by atoms with E-state index in [1.807, 2.05) is 24.3 Å². The fraction of sp³-hybridized carbons (Fsp3) is 0.333. The standard InChI is InChI=1S/C15H18N2O3/c1-10(2)9-20-12-6-4-11(5-7-12)8-13-14(18)17(3)15(19)16-13/h4-8,10H,9H2,1-3H3,(H,16,19)/b13-8+. The summed E-state index contributed by atoms with van der Waals surface area (Å²) in [4.78, 5) is 24.1. The number of ether oxygens (including phenoxy) is 1. The van der Waals surface area contributed by atoms with Gasteiger partial charge in [0.05, 0.1) is 6.61 Å². The van der Waals surface area contributed by atoms with Gasteiger partial charge in [-0.25, -0.2) is 4.79 Å². The molecule has 1 fully saturated rings. The molecule has 1 aliphatic heterocycles. The number of benzene rings is 1. The number of amides is 3. The van der Waals surface area contributed by atoms with E-state index in [1.165, 1.54) is 7.05 Å². The van der Waals surface area contributed by atoms with E-state index in [0.717, 1.165) is 16.2 Å². The molecule has 1 N–H and O–H groups in total. The van der Waals surface area contributed by atoms with E-state index in [4.69, 9.17) is 4.74 Å². The second-order valence-electron chi connectivity index (χ2n) is 5.13. The van der Waals surface area contributed by atoms with Gasteiger partial charge in [0.25, 0.3) is 5.91 Å². The summed E-state index contributed by atoms with van der Waals surface area (Å²) >= 11 is 0. The molecule has 1 aromatic carbocycles. The molecule has 2 rings (SSSR count). The number of likely N-dealkylation sites (N-methyl/N-ethyl adjacent to an activating group) is 1. The number of hydrogen-bond acceptors (Lipinski definition) is 3. The molecule has 1 heterocycles. The number of carbonyl (C=O) groups is 2. The van der Waals surface area contributed by atoms with Crippen molar-refractivity contribution in [2.24, 2.45) is 5.92 Å². The van der Waals surface area contributed by atoms with Crippen LogP contribution in [-0.2, 0) is 4.79 Å². The highest BCUT2D eigenvalue weighted by molar-refractivity contribution is 6.13. The molecule has 0 atom stereocenters. The summed E-state index contributed by atoms with van der Waals surface area (Å²) in [6.07, 6.45) is 1.65. The van der Waals surface area contributed by atoms with Crippen LogP contribution in [0, 0.1) is 5.92 Å². The van der Waals surface area contributed by atoms with Crippen LogP contribution in [0.4, 0.5) is 4.79 Å². The Hall–Kier alpha value is -2.30. The zero-order valence-electron chi connectivity index (χ0n) is 11.8. The fourth-order valence-corrected chi connectivity index (χ4v) is 1.71. The molecule has 20 heavy (non-hydrogen) atoms. The van der Waals surface area contributed by atoms with Crippen LogP contribution in [0.25, 0.3) is 6.08 Å². The van der Waals surface area contributed by atoms with Crippen molar-refractivity contribution in [3.63, 3.8) is 0 Å². The number of nitrogens with one attached hydrogen (secondary N) is 1. The first-order valence-electron chi connectivity index (χ1n) is 6.51. The van der Waals surface area contributed by atoms with Crippen LogP contribution in [0.3, 0.4) is 0 Å². The Morgan fingerprint density at radius 2 is 1.90 bits per heavy atom. The van der Waals surface area contributed by atoms with Crippen LogP contribution < -0.4 is 10.1 Å². The van der Waals surface area contributed by atoms with E-state index in [2.05, 4.69) is 19.2 Å². The minimum Gasteiger partial charge on any atom is -0.493 e. The number of hydrogen-bond donors (Lipinski definition) is 1. The van der Waals surface area contributed by atoms with Gasteiger partial charge in [-0.15, -0.1) is 0 Å². The van der Waals surface area contributed by atoms with Crippen LogP contribution >= 0.6 is 0 Å². The van der Waals surface area contributed by atoms with Gasteiger partial charge < -0.3 is 10.1 Å². The Kier molecular flexibility index (Phi) is 4.08. The number of carbonyl (C=O) groups excluding carboxylic acids is 2. The number of imide groups is 1. The van der Waals surface area contributed by atoms with Gasteiger partial charge in [0, 0.05) is 7.05 Å². The molecule has 1 saturated heterocycles. The van der Waals surface area contributed by atoms with Gasteiger partial charge in [0.1, 0.15) is 11.4 Å². The van der Waals surface area contributed by atoms with E-state index in [0.29, 0.717) is 12.5 Å². The second kappa shape index (κ2) is 5.77. The summed E-state index contributed by atoms with van der Waals surface area (Å²) in [5.74, 6) is 0.938. The van der Waals surface area contributed by atoms with Gasteiger partial charge in [-0.3, -0.25) is 9.69 Å². The minimum atomic E-state index is -0.405. The molecule has 5 heteroatoms. The average molecular weight is 274 g/mol. The molecule has 0 aliphatic carbocycles. The van der Waals surface area contributed by atoms with Gasteiger partial charge in [-0.1, -0.05) is 26.0 Å². The monoisotopic (exact) mass is 274 g/mol. The molecule has 5 nitrogen and oxygen atoms in total. The first-order chi connectivity index (χ1) is 9.47. The molecule has 106 valence electrons. The largest absolute Gasteiger partial charge is 0.493 e. The van der Waals surface area contributed by atoms with Crippen molar-refractivity contribution in [2.75, 3.05) is 13.7 Å². The quantitative estimate of drug-likeness (QED) is 0.676. The SMILES string of the molecule is CC(C)COc1ccc(/C=C2/NC(=O)N(C)C2=O)cc1. The Morgan fingerprint density at radius 3 is 2.40 bits per heavy atom. The van der Waals surface area contributed by atoms with Gasteiger partial charge in [0.15, 0.2) is 0 Å². The Labute approximate surface area is 118 Å². The summed E-state index contributed by atoms with van der Waals surface area (Å²) in [6.45, 7) is 4.84. The van der Waals surface area contributed by atoms with Gasteiger partial charge in [-0.2, -0.15) is 0 Å². The van der Waals surface area contributed by atoms with Crippen molar-refractivity contribution in [2.45, 2.75) is 13.8 Å². The normalized spacial score (nSPS) is 17.0. The smallest absolute Gasteiger partial charge is 0.328 e. The zero-order chi connectivity index (χ0) is 14.7. The van der Waals surface area contributed by atoms with Crippen LogP contribution in [0.2, 0.25) is 0 Å². The number of nitrogens with zero attached hydrogens (tertiary/aromatic N) is 1. The maximum atomic E-state index is 11.7. The first-order valence-corrected chi connectivity index (χ1v) is 6.51. The van der Waals surface area contributed by atoms with Crippen LogP contribution in [0.1, 0.15) is 19.4 Å². The van der Waals surface area contributed by atoms with Crippen molar-refractivity contribution in [1.29, 1.82) is 0 Å². The predicted octanol–water partition coefficient (Wildman–Crippen LogP) is 2.24. The fourth-order valence-electron chi connectivity index (χ4n) is 1.71. The molecule has 1 aromatic rings. The van der Waals surface area contributed by atoms with Crippen LogP contribution in [0.15, 0.2) is 30.0 Å². The van der Waals surface area contributed by atoms with Gasteiger partial charge in [-0.05, 0) is 29.7 Å². The van der Waals surface area contributed by atoms with E-state index in [-0.39, 0.29) is 11.6 Å². The summed E-state index contributed by atoms with van der Waals surface area (Å²) in [5.41, 5.74) is 1.12. The van der Waals surface area contributed by atoms with E-state index in [9.17, 15) is 9.59 Å². The molecule has 0 aromatic heterocycles. The predicted molar refractivity (Wildman–Crippen MR) is 76.1 cm³/mol. The van der Waals surface area contributed by atoms with Gasteiger partial charge >= 0.3 is 6.03 Å². The average Bonchev–Trinajstić information content (AvgIpc) is 2.65. The zero-order valence-corrected chi connectivity index (χ0v) is 11.8. The summed E-state index contributed by atoms with van der Waals surface area (Å²) in [5, 5.41) is 2.52. The van der Waals surface area contributed by atoms with E-state index in [1.54, 1.807) is 6.08 Å². The highest BCUT2D eigenvalue weighted by Gasteiger charge is 2.29. The molecule has 0 spiro atoms. The second-order valence-corrected chi connectivity index (χ2v) is 5.13. The lowest BCUT2D eigenvalue weighted by Gasteiger charge is -2.08. The molecule has 0 radical (unpaired) electrons. The lowest BCUT2D eigenvalue weighted by molar-refractivity contribution is -0.121. The van der Waals surface area contributed by atoms with Crippen LogP contribution in [0.5, 0.6) is 5.75 Å². The van der Waals surface area contributed by atoms with Gasteiger partial charge in [0.2, 0.25) is 0 Å². The summed E-state index contributed by atoms with van der Waals surface area (Å²) in [6, 6.07) is 6.98. The minimum absolute atomic E-state index is 0.286. The summed E-state index contributed by atoms with van der Waals surface area (Å²) < 4.78 is 5.58. The topological polar surface area (TPSA) is 58.6 Å². The number of urea groups is 1. The molecule has 1 aliphatic rings.